The molecule has 4 heterocycles. The Bertz CT molecular complexity index is 1730. The molecule has 60 heavy (non-hydrogen) atoms. The van der Waals surface area contributed by atoms with Gasteiger partial charge in [-0.3, -0.25) is 4.79 Å². The first kappa shape index (κ1) is 44.2. The zero-order chi connectivity index (χ0) is 43.8. The lowest BCUT2D eigenvalue weighted by Crippen LogP contribution is -2.63. The summed E-state index contributed by atoms with van der Waals surface area (Å²) in [7, 11) is 0. The summed E-state index contributed by atoms with van der Waals surface area (Å²) in [5, 5.41) is 76.4. The molecule has 5 aliphatic carbocycles. The second kappa shape index (κ2) is 13.5. The van der Waals surface area contributed by atoms with Gasteiger partial charge in [-0.2, -0.15) is 0 Å². The maximum Gasteiger partial charge on any atom is 0.303 e. The molecule has 342 valence electrons. The van der Waals surface area contributed by atoms with Gasteiger partial charge in [0.2, 0.25) is 0 Å². The number of carbonyl (C=O) groups is 1. The minimum absolute atomic E-state index is 0.0261. The van der Waals surface area contributed by atoms with Crippen molar-refractivity contribution in [3.8, 4) is 0 Å². The van der Waals surface area contributed by atoms with E-state index in [9.17, 15) is 40.5 Å². The Morgan fingerprint density at radius 3 is 2.13 bits per heavy atom. The average Bonchev–Trinajstić information content (AvgIpc) is 3.74. The second-order valence-electron chi connectivity index (χ2n) is 22.8. The van der Waals surface area contributed by atoms with Crippen LogP contribution in [0.5, 0.6) is 0 Å². The Morgan fingerprint density at radius 1 is 0.800 bits per heavy atom. The number of rotatable bonds is 7. The molecule has 5 saturated carbocycles. The topological polar surface area (TPSA) is 223 Å². The average molecular weight is 853 g/mol. The molecule has 22 atom stereocenters. The summed E-state index contributed by atoms with van der Waals surface area (Å²) < 4.78 is 44.5. The molecule has 15 nitrogen and oxygen atoms in total. The van der Waals surface area contributed by atoms with Gasteiger partial charge in [-0.15, -0.1) is 0 Å². The third-order valence-corrected chi connectivity index (χ3v) is 19.7. The quantitative estimate of drug-likeness (QED) is 0.144. The van der Waals surface area contributed by atoms with Crippen LogP contribution in [0, 0.1) is 50.7 Å². The van der Waals surface area contributed by atoms with Gasteiger partial charge in [0.1, 0.15) is 65.6 Å². The summed E-state index contributed by atoms with van der Waals surface area (Å²) in [6.45, 7) is 19.9. The lowest BCUT2D eigenvalue weighted by atomic mass is 9.41. The van der Waals surface area contributed by atoms with Crippen molar-refractivity contribution in [2.75, 3.05) is 13.2 Å². The number of aliphatic hydroxyl groups excluding tert-OH is 7. The molecule has 0 aromatic carbocycles. The predicted molar refractivity (Wildman–Crippen MR) is 210 cm³/mol. The monoisotopic (exact) mass is 852 g/mol. The third-order valence-electron chi connectivity index (χ3n) is 19.7. The van der Waals surface area contributed by atoms with E-state index in [1.165, 1.54) is 6.92 Å². The maximum absolute atomic E-state index is 13.2. The lowest BCUT2D eigenvalue weighted by molar-refractivity contribution is -0.356. The molecule has 7 N–H and O–H groups in total. The van der Waals surface area contributed by atoms with E-state index in [1.807, 2.05) is 20.8 Å². The van der Waals surface area contributed by atoms with E-state index >= 15 is 0 Å². The van der Waals surface area contributed by atoms with Gasteiger partial charge in [0.05, 0.1) is 19.3 Å². The highest BCUT2D eigenvalue weighted by molar-refractivity contribution is 5.66. The fourth-order valence-electron chi connectivity index (χ4n) is 16.6. The Kier molecular flexibility index (Phi) is 9.94. The van der Waals surface area contributed by atoms with Gasteiger partial charge in [0.25, 0.3) is 0 Å². The molecule has 9 fully saturated rings. The number of carbonyl (C=O) groups excluding carboxylic acids is 1. The maximum atomic E-state index is 13.2. The van der Waals surface area contributed by atoms with E-state index in [1.54, 1.807) is 0 Å². The number of fused-ring (bicyclic) bond motifs is 4. The summed E-state index contributed by atoms with van der Waals surface area (Å²) in [6, 6.07) is 0. The van der Waals surface area contributed by atoms with Crippen LogP contribution < -0.4 is 0 Å². The Morgan fingerprint density at radius 2 is 1.47 bits per heavy atom. The molecule has 4 aliphatic heterocycles. The molecule has 0 unspecified atom stereocenters. The molecule has 0 aromatic rings. The van der Waals surface area contributed by atoms with Crippen molar-refractivity contribution in [3.63, 3.8) is 0 Å². The predicted octanol–water partition coefficient (Wildman–Crippen LogP) is 2.30. The van der Waals surface area contributed by atoms with Crippen LogP contribution in [-0.2, 0) is 38.0 Å². The van der Waals surface area contributed by atoms with Crippen LogP contribution in [0.2, 0.25) is 0 Å². The smallest absolute Gasteiger partial charge is 0.303 e. The molecule has 0 radical (unpaired) electrons. The van der Waals surface area contributed by atoms with Crippen LogP contribution >= 0.6 is 0 Å². The highest BCUT2D eigenvalue weighted by atomic mass is 16.8. The normalized spacial score (nSPS) is 58.9. The van der Waals surface area contributed by atoms with Crippen molar-refractivity contribution in [1.82, 2.24) is 0 Å². The van der Waals surface area contributed by atoms with Gasteiger partial charge in [0, 0.05) is 18.3 Å². The van der Waals surface area contributed by atoms with Crippen LogP contribution in [0.3, 0.4) is 0 Å². The van der Waals surface area contributed by atoms with E-state index in [2.05, 4.69) is 41.5 Å². The first-order valence-corrected chi connectivity index (χ1v) is 22.6. The van der Waals surface area contributed by atoms with E-state index in [4.69, 9.17) is 33.2 Å². The summed E-state index contributed by atoms with van der Waals surface area (Å²) >= 11 is 0. The highest BCUT2D eigenvalue weighted by Gasteiger charge is 2.90. The van der Waals surface area contributed by atoms with Gasteiger partial charge in [-0.1, -0.05) is 34.6 Å². The molecule has 4 saturated heterocycles. The van der Waals surface area contributed by atoms with Crippen LogP contribution in [0.1, 0.15) is 121 Å². The summed E-state index contributed by atoms with van der Waals surface area (Å²) in [6.07, 6.45) is -6.87. The molecular weight excluding hydrogens is 780 g/mol. The molecule has 3 spiro atoms. The van der Waals surface area contributed by atoms with E-state index < -0.39 is 96.0 Å². The molecule has 9 rings (SSSR count). The van der Waals surface area contributed by atoms with Crippen LogP contribution in [0.4, 0.5) is 0 Å². The van der Waals surface area contributed by atoms with Gasteiger partial charge in [-0.25, -0.2) is 0 Å². The Labute approximate surface area is 353 Å². The van der Waals surface area contributed by atoms with Crippen molar-refractivity contribution < 1.29 is 73.7 Å². The first-order chi connectivity index (χ1) is 27.8. The molecule has 0 aromatic heterocycles. The standard InChI is InChI=1S/C45H72O15/c1-21-17-40(8)42(10,38(5,6)58-22(2)47)60-45(59-40)33(21)39(7)15-16-44-20-43(44)14-13-27(37(3,4)25(43)11-12-26(44)41(39,9)36(45)53)56-34-31(52)32(23(48)19-54-34)57-35-30(51)29(50)28(49)24(18-46)55-35/h21,23-36,46,48-53H,11-20H2,1-10H3/t21-,23-,24-,25-,26+,27+,28-,29+,30-,31-,32+,33-,34-,35+,36-,39-,40-,41-,42-,43-,44+,45+/m1/s1. The van der Waals surface area contributed by atoms with Crippen molar-refractivity contribution in [3.05, 3.63) is 0 Å². The van der Waals surface area contributed by atoms with Crippen LogP contribution in [0.15, 0.2) is 0 Å². The first-order valence-electron chi connectivity index (χ1n) is 22.6. The van der Waals surface area contributed by atoms with Crippen LogP contribution in [-0.4, -0.2) is 145 Å². The molecule has 0 amide bonds. The number of hydrogen-bond acceptors (Lipinski definition) is 15. The number of aliphatic hydroxyl groups is 7. The van der Waals surface area contributed by atoms with Gasteiger partial charge in [-0.05, 0) is 118 Å². The Hall–Kier alpha value is -1.05. The molecule has 9 aliphatic rings. The molecule has 15 heteroatoms. The number of ether oxygens (including phenoxy) is 7. The SMILES string of the molecule is CC(=O)OC(C)(C)[C@@]1(C)O[C@@]23O[C@]1(C)C[C@@H](C)[C@@H]2[C@@]1(C)CC[C@@]24C[C@@]25CC[C@H](O[C@H]2OC[C@@H](O)[C@H](O[C@@H]6O[C@H](CO)[C@@H](O)[C@H](O)[C@H]6O)[C@H]2O)C(C)(C)[C@H]5CC[C@H]4[C@]1(C)[C@H]3O. The van der Waals surface area contributed by atoms with Crippen molar-refractivity contribution in [2.45, 2.75) is 211 Å². The third kappa shape index (κ3) is 5.27. The summed E-state index contributed by atoms with van der Waals surface area (Å²) in [4.78, 5) is 12.4. The second-order valence-corrected chi connectivity index (χ2v) is 22.8. The fourth-order valence-corrected chi connectivity index (χ4v) is 16.6. The van der Waals surface area contributed by atoms with Gasteiger partial charge >= 0.3 is 5.97 Å². The minimum Gasteiger partial charge on any atom is -0.457 e. The van der Waals surface area contributed by atoms with Crippen molar-refractivity contribution >= 4 is 5.97 Å². The van der Waals surface area contributed by atoms with Gasteiger partial charge < -0.3 is 68.9 Å². The summed E-state index contributed by atoms with van der Waals surface area (Å²) in [5.74, 6) is -0.987. The Balaban J connectivity index is 0.951. The zero-order valence-corrected chi connectivity index (χ0v) is 37.1. The van der Waals surface area contributed by atoms with Gasteiger partial charge in [0.15, 0.2) is 18.4 Å². The zero-order valence-electron chi connectivity index (χ0n) is 37.1. The number of esters is 1. The van der Waals surface area contributed by atoms with Crippen LogP contribution in [0.25, 0.3) is 0 Å². The number of hydrogen-bond donors (Lipinski definition) is 7. The largest absolute Gasteiger partial charge is 0.457 e. The van der Waals surface area contributed by atoms with E-state index in [0.717, 1.165) is 51.4 Å². The van der Waals surface area contributed by atoms with Crippen molar-refractivity contribution in [1.29, 1.82) is 0 Å². The molecular formula is C45H72O15. The highest BCUT2D eigenvalue weighted by Crippen LogP contribution is 2.90. The molecule has 2 bridgehead atoms. The summed E-state index contributed by atoms with van der Waals surface area (Å²) in [5.41, 5.74) is -3.90. The van der Waals surface area contributed by atoms with Crippen molar-refractivity contribution in [2.24, 2.45) is 50.7 Å². The minimum atomic E-state index is -1.70. The van der Waals surface area contributed by atoms with E-state index in [0.29, 0.717) is 5.92 Å². The lowest BCUT2D eigenvalue weighted by Gasteiger charge is -2.63. The fraction of sp³-hybridized carbons (Fsp3) is 0.978. The van der Waals surface area contributed by atoms with E-state index in [-0.39, 0.29) is 58.1 Å².